The molecule has 1 N–H and O–H groups in total. The minimum Gasteiger partial charge on any atom is -0.314 e. The van der Waals surface area contributed by atoms with Gasteiger partial charge in [-0.1, -0.05) is 42.2 Å². The summed E-state index contributed by atoms with van der Waals surface area (Å²) < 4.78 is 0. The fourth-order valence-electron chi connectivity index (χ4n) is 1.80. The molecule has 0 aliphatic carbocycles. The van der Waals surface area contributed by atoms with Crippen LogP contribution in [-0.2, 0) is 6.42 Å². The Hall–Kier alpha value is -1.30. The first-order chi connectivity index (χ1) is 7.95. The molecule has 0 bridgehead atoms. The molecule has 1 saturated heterocycles. The smallest absolute Gasteiger partial charge is 0.0602 e. The second-order valence-corrected chi connectivity index (χ2v) is 4.04. The second-order valence-electron chi connectivity index (χ2n) is 4.04. The third-order valence-corrected chi connectivity index (χ3v) is 2.77. The number of benzene rings is 1. The van der Waals surface area contributed by atoms with Gasteiger partial charge in [-0.2, -0.15) is 0 Å². The summed E-state index contributed by atoms with van der Waals surface area (Å²) in [6.07, 6.45) is 0.868. The molecule has 0 saturated carbocycles. The lowest BCUT2D eigenvalue weighted by Crippen LogP contribution is -2.43. The molecule has 0 aromatic heterocycles. The number of hydrogen-bond acceptors (Lipinski definition) is 2. The molecule has 1 aromatic rings. The van der Waals surface area contributed by atoms with Crippen molar-refractivity contribution in [3.8, 4) is 11.8 Å². The molecule has 1 aliphatic heterocycles. The highest BCUT2D eigenvalue weighted by atomic mass is 15.2. The Bertz CT molecular complexity index is 355. The van der Waals surface area contributed by atoms with Crippen LogP contribution >= 0.6 is 0 Å². The van der Waals surface area contributed by atoms with Crippen LogP contribution in [0.3, 0.4) is 0 Å². The van der Waals surface area contributed by atoms with Gasteiger partial charge in [0.2, 0.25) is 0 Å². The first-order valence-electron chi connectivity index (χ1n) is 5.88. The van der Waals surface area contributed by atoms with Gasteiger partial charge in [0, 0.05) is 32.6 Å². The van der Waals surface area contributed by atoms with E-state index in [0.29, 0.717) is 0 Å². The van der Waals surface area contributed by atoms with E-state index in [0.717, 1.165) is 39.1 Å². The molecule has 84 valence electrons. The van der Waals surface area contributed by atoms with Crippen molar-refractivity contribution in [2.75, 3.05) is 32.7 Å². The lowest BCUT2D eigenvalue weighted by Gasteiger charge is -2.24. The molecular formula is C14H18N2. The van der Waals surface area contributed by atoms with Crippen LogP contribution in [0.15, 0.2) is 30.3 Å². The molecule has 0 atom stereocenters. The van der Waals surface area contributed by atoms with Crippen molar-refractivity contribution in [1.29, 1.82) is 0 Å². The third kappa shape index (κ3) is 3.69. The van der Waals surface area contributed by atoms with Crippen LogP contribution in [0.1, 0.15) is 5.56 Å². The lowest BCUT2D eigenvalue weighted by molar-refractivity contribution is 0.268. The molecule has 0 amide bonds. The van der Waals surface area contributed by atoms with Crippen molar-refractivity contribution < 1.29 is 0 Å². The molecule has 1 heterocycles. The quantitative estimate of drug-likeness (QED) is 0.743. The van der Waals surface area contributed by atoms with Gasteiger partial charge in [-0.05, 0) is 5.56 Å². The van der Waals surface area contributed by atoms with Crippen LogP contribution in [0.5, 0.6) is 0 Å². The molecule has 16 heavy (non-hydrogen) atoms. The van der Waals surface area contributed by atoms with Gasteiger partial charge < -0.3 is 5.32 Å². The summed E-state index contributed by atoms with van der Waals surface area (Å²) >= 11 is 0. The van der Waals surface area contributed by atoms with Gasteiger partial charge in [-0.25, -0.2) is 0 Å². The maximum atomic E-state index is 3.34. The van der Waals surface area contributed by atoms with E-state index < -0.39 is 0 Å². The molecule has 0 unspecified atom stereocenters. The first kappa shape index (κ1) is 11.2. The zero-order chi connectivity index (χ0) is 11.1. The average Bonchev–Trinajstić information content (AvgIpc) is 2.37. The molecule has 0 spiro atoms. The lowest BCUT2D eigenvalue weighted by atomic mass is 10.2. The molecule has 2 rings (SSSR count). The van der Waals surface area contributed by atoms with E-state index in [-0.39, 0.29) is 0 Å². The van der Waals surface area contributed by atoms with Gasteiger partial charge in [0.05, 0.1) is 6.54 Å². The minimum atomic E-state index is 0.868. The highest BCUT2D eigenvalue weighted by Crippen LogP contribution is 1.98. The van der Waals surface area contributed by atoms with Crippen molar-refractivity contribution in [3.05, 3.63) is 35.9 Å². The number of hydrogen-bond donors (Lipinski definition) is 1. The minimum absolute atomic E-state index is 0.868. The van der Waals surface area contributed by atoms with Crippen LogP contribution in [-0.4, -0.2) is 37.6 Å². The standard InChI is InChI=1S/C14H18N2/c1-2-6-14(7-3-1)8-4-5-11-16-12-9-15-10-13-16/h1-3,6-7,15H,8-13H2. The van der Waals surface area contributed by atoms with Gasteiger partial charge in [-0.15, -0.1) is 0 Å². The fraction of sp³-hybridized carbons (Fsp3) is 0.429. The van der Waals surface area contributed by atoms with Crippen LogP contribution in [0, 0.1) is 11.8 Å². The normalized spacial score (nSPS) is 16.5. The van der Waals surface area contributed by atoms with E-state index >= 15 is 0 Å². The topological polar surface area (TPSA) is 15.3 Å². The van der Waals surface area contributed by atoms with Crippen LogP contribution < -0.4 is 5.32 Å². The third-order valence-electron chi connectivity index (χ3n) is 2.77. The highest BCUT2D eigenvalue weighted by molar-refractivity contribution is 5.20. The summed E-state index contributed by atoms with van der Waals surface area (Å²) in [5.41, 5.74) is 1.30. The maximum absolute atomic E-state index is 3.34. The van der Waals surface area contributed by atoms with E-state index in [2.05, 4.69) is 46.3 Å². The second kappa shape index (κ2) is 6.32. The summed E-state index contributed by atoms with van der Waals surface area (Å²) in [6.45, 7) is 5.36. The number of nitrogens with one attached hydrogen (secondary N) is 1. The first-order valence-corrected chi connectivity index (χ1v) is 5.88. The Labute approximate surface area is 97.7 Å². The number of piperazine rings is 1. The van der Waals surface area contributed by atoms with Crippen molar-refractivity contribution in [2.45, 2.75) is 6.42 Å². The van der Waals surface area contributed by atoms with E-state index in [1.165, 1.54) is 5.56 Å². The molecule has 2 heteroatoms. The molecule has 2 nitrogen and oxygen atoms in total. The zero-order valence-electron chi connectivity index (χ0n) is 9.58. The molecule has 1 aromatic carbocycles. The van der Waals surface area contributed by atoms with Crippen LogP contribution in [0.2, 0.25) is 0 Å². The van der Waals surface area contributed by atoms with Crippen molar-refractivity contribution in [2.24, 2.45) is 0 Å². The van der Waals surface area contributed by atoms with Crippen molar-refractivity contribution in [3.63, 3.8) is 0 Å². The summed E-state index contributed by atoms with van der Waals surface area (Å²) in [4.78, 5) is 2.40. The average molecular weight is 214 g/mol. The summed E-state index contributed by atoms with van der Waals surface area (Å²) in [6, 6.07) is 10.4. The number of rotatable bonds is 2. The Morgan fingerprint density at radius 2 is 1.81 bits per heavy atom. The van der Waals surface area contributed by atoms with Gasteiger partial charge in [0.1, 0.15) is 0 Å². The number of nitrogens with zero attached hydrogens (tertiary/aromatic N) is 1. The zero-order valence-corrected chi connectivity index (χ0v) is 9.58. The van der Waals surface area contributed by atoms with Gasteiger partial charge in [0.15, 0.2) is 0 Å². The molecule has 1 aliphatic rings. The van der Waals surface area contributed by atoms with Crippen molar-refractivity contribution >= 4 is 0 Å². The summed E-state index contributed by atoms with van der Waals surface area (Å²) in [7, 11) is 0. The van der Waals surface area contributed by atoms with Crippen molar-refractivity contribution in [1.82, 2.24) is 10.2 Å². The van der Waals surface area contributed by atoms with E-state index in [1.54, 1.807) is 0 Å². The predicted octanol–water partition coefficient (Wildman–Crippen LogP) is 1.14. The fourth-order valence-corrected chi connectivity index (χ4v) is 1.80. The van der Waals surface area contributed by atoms with Crippen LogP contribution in [0.4, 0.5) is 0 Å². The Morgan fingerprint density at radius 1 is 1.06 bits per heavy atom. The maximum Gasteiger partial charge on any atom is 0.0602 e. The monoisotopic (exact) mass is 214 g/mol. The van der Waals surface area contributed by atoms with E-state index in [4.69, 9.17) is 0 Å². The summed E-state index contributed by atoms with van der Waals surface area (Å²) in [5, 5.41) is 3.34. The van der Waals surface area contributed by atoms with Gasteiger partial charge in [-0.3, -0.25) is 4.90 Å². The molecule has 0 radical (unpaired) electrons. The highest BCUT2D eigenvalue weighted by Gasteiger charge is 2.06. The Morgan fingerprint density at radius 3 is 2.56 bits per heavy atom. The SMILES string of the molecule is C(#CCN1CCNCC1)Cc1ccccc1. The summed E-state index contributed by atoms with van der Waals surface area (Å²) in [5.74, 6) is 6.49. The molecule has 1 fully saturated rings. The van der Waals surface area contributed by atoms with E-state index in [1.807, 2.05) is 6.07 Å². The Balaban J connectivity index is 1.73. The predicted molar refractivity (Wildman–Crippen MR) is 67.2 cm³/mol. The Kier molecular flexibility index (Phi) is 4.42. The molecular weight excluding hydrogens is 196 g/mol. The van der Waals surface area contributed by atoms with Crippen LogP contribution in [0.25, 0.3) is 0 Å². The van der Waals surface area contributed by atoms with Gasteiger partial charge in [0.25, 0.3) is 0 Å². The van der Waals surface area contributed by atoms with Gasteiger partial charge >= 0.3 is 0 Å². The van der Waals surface area contributed by atoms with E-state index in [9.17, 15) is 0 Å². The largest absolute Gasteiger partial charge is 0.314 e.